The molecule has 3 amide bonds. The van der Waals surface area contributed by atoms with Crippen LogP contribution in [0.15, 0.2) is 67.8 Å². The molecule has 1 spiro atoms. The number of anilines is 2. The smallest absolute Gasteiger partial charge is 0.253 e. The molecule has 0 aromatic heterocycles. The van der Waals surface area contributed by atoms with Gasteiger partial charge in [0.15, 0.2) is 0 Å². The van der Waals surface area contributed by atoms with Crippen molar-refractivity contribution >= 4 is 29.1 Å². The van der Waals surface area contributed by atoms with E-state index in [2.05, 4.69) is 13.2 Å². The van der Waals surface area contributed by atoms with Crippen LogP contribution in [-0.2, 0) is 19.1 Å². The molecule has 1 N–H and O–H groups in total. The first-order chi connectivity index (χ1) is 21.7. The summed E-state index contributed by atoms with van der Waals surface area (Å²) in [7, 11) is 0. The number of unbranched alkanes of at least 4 members (excludes halogenated alkanes) is 1. The normalized spacial score (nSPS) is 24.8. The highest BCUT2D eigenvalue weighted by atomic mass is 16.5. The van der Waals surface area contributed by atoms with E-state index in [-0.39, 0.29) is 44.0 Å². The molecule has 3 heterocycles. The zero-order valence-electron chi connectivity index (χ0n) is 26.6. The van der Waals surface area contributed by atoms with E-state index in [0.717, 1.165) is 16.8 Å². The van der Waals surface area contributed by atoms with Gasteiger partial charge in [0.05, 0.1) is 24.5 Å². The maximum absolute atomic E-state index is 14.8. The fourth-order valence-corrected chi connectivity index (χ4v) is 7.46. The molecule has 0 saturated carbocycles. The molecule has 2 aromatic carbocycles. The first-order valence-electron chi connectivity index (χ1n) is 16.0. The molecular weight excluding hydrogens is 570 g/mol. The molecule has 9 heteroatoms. The minimum absolute atomic E-state index is 0.0153. The lowest BCUT2D eigenvalue weighted by molar-refractivity contribution is -0.140. The fourth-order valence-electron chi connectivity index (χ4n) is 7.46. The lowest BCUT2D eigenvalue weighted by atomic mass is 9.70. The highest BCUT2D eigenvalue weighted by molar-refractivity contribution is 6.06. The van der Waals surface area contributed by atoms with E-state index in [1.54, 1.807) is 26.9 Å². The highest BCUT2D eigenvalue weighted by Crippen LogP contribution is 2.59. The zero-order chi connectivity index (χ0) is 32.3. The van der Waals surface area contributed by atoms with Crippen LogP contribution in [0.2, 0.25) is 0 Å². The van der Waals surface area contributed by atoms with Crippen molar-refractivity contribution in [2.24, 2.45) is 11.8 Å². The third-order valence-corrected chi connectivity index (χ3v) is 9.40. The Morgan fingerprint density at radius 3 is 2.44 bits per heavy atom. The summed E-state index contributed by atoms with van der Waals surface area (Å²) < 4.78 is 12.3. The first kappa shape index (κ1) is 32.4. The predicted octanol–water partition coefficient (Wildman–Crippen LogP) is 4.59. The van der Waals surface area contributed by atoms with Gasteiger partial charge in [0.2, 0.25) is 11.8 Å². The topological polar surface area (TPSA) is 99.6 Å². The molecular formula is C36H45N3O6. The molecule has 5 rings (SSSR count). The summed E-state index contributed by atoms with van der Waals surface area (Å²) in [6, 6.07) is 12.4. The second-order valence-electron chi connectivity index (χ2n) is 12.2. The van der Waals surface area contributed by atoms with Crippen LogP contribution in [0.1, 0.15) is 43.7 Å². The van der Waals surface area contributed by atoms with E-state index >= 15 is 0 Å². The Bertz CT molecular complexity index is 1440. The second-order valence-corrected chi connectivity index (χ2v) is 12.2. The molecule has 3 aliphatic heterocycles. The van der Waals surface area contributed by atoms with Crippen molar-refractivity contribution < 1.29 is 29.0 Å². The van der Waals surface area contributed by atoms with Gasteiger partial charge in [-0.3, -0.25) is 14.4 Å². The average molecular weight is 616 g/mol. The summed E-state index contributed by atoms with van der Waals surface area (Å²) in [6.45, 7) is 14.9. The van der Waals surface area contributed by atoms with Gasteiger partial charge in [-0.15, -0.1) is 13.2 Å². The Morgan fingerprint density at radius 2 is 1.78 bits per heavy atom. The van der Waals surface area contributed by atoms with E-state index in [1.165, 1.54) is 0 Å². The molecule has 5 atom stereocenters. The van der Waals surface area contributed by atoms with E-state index in [4.69, 9.17) is 9.47 Å². The molecule has 3 aliphatic rings. The molecule has 9 nitrogen and oxygen atoms in total. The zero-order valence-corrected chi connectivity index (χ0v) is 26.6. The summed E-state index contributed by atoms with van der Waals surface area (Å²) in [5, 5.41) is 9.51. The van der Waals surface area contributed by atoms with Crippen molar-refractivity contribution in [3.05, 3.63) is 78.9 Å². The molecule has 0 aliphatic carbocycles. The van der Waals surface area contributed by atoms with E-state index in [0.29, 0.717) is 43.7 Å². The number of aliphatic hydroxyl groups excluding tert-OH is 1. The molecule has 45 heavy (non-hydrogen) atoms. The van der Waals surface area contributed by atoms with Gasteiger partial charge in [0, 0.05) is 37.6 Å². The Hall–Kier alpha value is -3.95. The van der Waals surface area contributed by atoms with Crippen LogP contribution < -0.4 is 14.5 Å². The number of amides is 3. The van der Waals surface area contributed by atoms with Crippen LogP contribution in [0.4, 0.5) is 11.4 Å². The van der Waals surface area contributed by atoms with Crippen LogP contribution in [-0.4, -0.2) is 78.3 Å². The molecule has 2 unspecified atom stereocenters. The number of carbonyl (C=O) groups excluding carboxylic acids is 3. The molecule has 2 aromatic rings. The van der Waals surface area contributed by atoms with Gasteiger partial charge in [-0.2, -0.15) is 0 Å². The fraction of sp³-hybridized carbons (Fsp3) is 0.472. The minimum atomic E-state index is -1.13. The van der Waals surface area contributed by atoms with Gasteiger partial charge in [-0.1, -0.05) is 24.3 Å². The number of carbonyl (C=O) groups is 3. The number of rotatable bonds is 14. The van der Waals surface area contributed by atoms with Crippen LogP contribution >= 0.6 is 0 Å². The van der Waals surface area contributed by atoms with Crippen LogP contribution in [0, 0.1) is 25.7 Å². The van der Waals surface area contributed by atoms with Crippen LogP contribution in [0.5, 0.6) is 5.75 Å². The van der Waals surface area contributed by atoms with Gasteiger partial charge in [0.1, 0.15) is 17.4 Å². The van der Waals surface area contributed by atoms with Crippen molar-refractivity contribution in [2.75, 3.05) is 42.6 Å². The summed E-state index contributed by atoms with van der Waals surface area (Å²) in [5.74, 6) is -1.54. The number of likely N-dealkylation sites (tertiary alicyclic amines) is 1. The standard InChI is InChI=1S/C36H45N3O6/c1-6-19-37(26-13-15-27(16-14-26)44-8-3)33(41)30-29-17-18-36(45-29)31(30)34(42)39(21-9-10-22-40)32(36)35(43)38(20-7-2)28-23-24(4)11-12-25(28)5/h6-7,11-16,23,29-32,40H,1-2,8-10,17-22H2,3-5H3/t29-,30+,31-,32?,36?/m0/s1. The van der Waals surface area contributed by atoms with Crippen molar-refractivity contribution in [3.8, 4) is 5.75 Å². The Morgan fingerprint density at radius 1 is 1.07 bits per heavy atom. The summed E-state index contributed by atoms with van der Waals surface area (Å²) in [5.41, 5.74) is 2.24. The minimum Gasteiger partial charge on any atom is -0.494 e. The molecule has 3 saturated heterocycles. The number of aryl methyl sites for hydroxylation is 2. The lowest BCUT2D eigenvalue weighted by Crippen LogP contribution is -2.56. The van der Waals surface area contributed by atoms with Crippen molar-refractivity contribution in [1.29, 1.82) is 0 Å². The SMILES string of the molecule is C=CCN(C(=O)[C@@H]1[C@@H]2CCC3(O2)C(C(=O)N(CC=C)c2cc(C)ccc2C)N(CCCCO)C(=O)[C@H]13)c1ccc(OCC)cc1. The van der Waals surface area contributed by atoms with Gasteiger partial charge in [0.25, 0.3) is 5.91 Å². The Labute approximate surface area is 266 Å². The van der Waals surface area contributed by atoms with Crippen LogP contribution in [0.25, 0.3) is 0 Å². The van der Waals surface area contributed by atoms with Gasteiger partial charge < -0.3 is 29.3 Å². The third-order valence-electron chi connectivity index (χ3n) is 9.40. The van der Waals surface area contributed by atoms with E-state index in [9.17, 15) is 19.5 Å². The first-order valence-corrected chi connectivity index (χ1v) is 16.0. The molecule has 0 radical (unpaired) electrons. The third kappa shape index (κ3) is 5.79. The van der Waals surface area contributed by atoms with Gasteiger partial charge >= 0.3 is 0 Å². The number of hydrogen-bond acceptors (Lipinski definition) is 6. The highest BCUT2D eigenvalue weighted by Gasteiger charge is 2.75. The number of benzene rings is 2. The number of hydrogen-bond donors (Lipinski definition) is 1. The lowest BCUT2D eigenvalue weighted by Gasteiger charge is -2.37. The number of ether oxygens (including phenoxy) is 2. The van der Waals surface area contributed by atoms with E-state index in [1.807, 2.05) is 63.2 Å². The quantitative estimate of drug-likeness (QED) is 0.247. The Kier molecular flexibility index (Phi) is 9.79. The van der Waals surface area contributed by atoms with Crippen molar-refractivity contribution in [3.63, 3.8) is 0 Å². The number of nitrogens with zero attached hydrogens (tertiary/aromatic N) is 3. The maximum Gasteiger partial charge on any atom is 0.253 e. The average Bonchev–Trinajstić information content (AvgIpc) is 3.67. The van der Waals surface area contributed by atoms with E-state index < -0.39 is 29.6 Å². The monoisotopic (exact) mass is 615 g/mol. The van der Waals surface area contributed by atoms with Crippen molar-refractivity contribution in [2.45, 2.75) is 64.2 Å². The summed E-state index contributed by atoms with van der Waals surface area (Å²) in [4.78, 5) is 48.6. The maximum atomic E-state index is 14.8. The molecule has 2 bridgehead atoms. The summed E-state index contributed by atoms with van der Waals surface area (Å²) in [6.07, 6.45) is 4.96. The van der Waals surface area contributed by atoms with Crippen molar-refractivity contribution in [1.82, 2.24) is 4.90 Å². The van der Waals surface area contributed by atoms with Crippen LogP contribution in [0.3, 0.4) is 0 Å². The largest absolute Gasteiger partial charge is 0.494 e. The predicted molar refractivity (Wildman–Crippen MR) is 174 cm³/mol. The van der Waals surface area contributed by atoms with Gasteiger partial charge in [-0.05, 0) is 87.9 Å². The second kappa shape index (κ2) is 13.6. The number of aliphatic hydroxyl groups is 1. The molecule has 240 valence electrons. The Balaban J connectivity index is 1.54. The van der Waals surface area contributed by atoms with Gasteiger partial charge in [-0.25, -0.2) is 0 Å². The molecule has 3 fully saturated rings. The number of fused-ring (bicyclic) bond motifs is 1. The summed E-state index contributed by atoms with van der Waals surface area (Å²) >= 11 is 0.